The Morgan fingerprint density at radius 2 is 0.500 bits per heavy atom. The van der Waals surface area contributed by atoms with Crippen LogP contribution in [-0.4, -0.2) is 96.7 Å². The Kier molecular flexibility index (Phi) is 73.7. The molecule has 0 heterocycles. The number of phosphoric acid groups is 2. The van der Waals surface area contributed by atoms with E-state index in [9.17, 15) is 43.2 Å². The van der Waals surface area contributed by atoms with E-state index >= 15 is 0 Å². The molecular weight excluding hydrogens is 1350 g/mol. The fourth-order valence-electron chi connectivity index (χ4n) is 11.1. The molecule has 0 spiro atoms. The molecule has 5 atom stereocenters. The molecular formula is C85H148O17P2. The van der Waals surface area contributed by atoms with Crippen LogP contribution in [0, 0.1) is 0 Å². The summed E-state index contributed by atoms with van der Waals surface area (Å²) in [7, 11) is -9.97. The van der Waals surface area contributed by atoms with Crippen molar-refractivity contribution in [2.24, 2.45) is 0 Å². The van der Waals surface area contributed by atoms with Crippen molar-refractivity contribution in [1.82, 2.24) is 0 Å². The van der Waals surface area contributed by atoms with Gasteiger partial charge in [0.2, 0.25) is 0 Å². The molecule has 19 heteroatoms. The van der Waals surface area contributed by atoms with E-state index in [1.165, 1.54) is 122 Å². The summed E-state index contributed by atoms with van der Waals surface area (Å²) in [6.45, 7) is 4.64. The molecule has 0 rings (SSSR count). The number of allylic oxidation sites excluding steroid dienone is 18. The maximum atomic E-state index is 13.1. The van der Waals surface area contributed by atoms with Gasteiger partial charge in [0.25, 0.3) is 0 Å². The molecule has 0 bridgehead atoms. The minimum absolute atomic E-state index is 0.0582. The summed E-state index contributed by atoms with van der Waals surface area (Å²) in [6.07, 6.45) is 83.4. The number of esters is 4. The Balaban J connectivity index is 5.39. The van der Waals surface area contributed by atoms with Gasteiger partial charge < -0.3 is 33.8 Å². The molecule has 0 fully saturated rings. The van der Waals surface area contributed by atoms with Crippen LogP contribution in [0.5, 0.6) is 0 Å². The Hall–Kier alpha value is -4.28. The first-order valence-electron chi connectivity index (χ1n) is 41.1. The second-order valence-corrected chi connectivity index (χ2v) is 30.2. The van der Waals surface area contributed by atoms with Crippen molar-refractivity contribution < 1.29 is 80.2 Å². The van der Waals surface area contributed by atoms with Gasteiger partial charge in [-0.05, 0) is 109 Å². The first-order chi connectivity index (χ1) is 50.7. The smallest absolute Gasteiger partial charge is 0.462 e. The Labute approximate surface area is 632 Å². The third-order valence-electron chi connectivity index (χ3n) is 17.3. The maximum absolute atomic E-state index is 13.1. The quantitative estimate of drug-likeness (QED) is 0.0169. The number of carbonyl (C=O) groups excluding carboxylic acids is 4. The van der Waals surface area contributed by atoms with Crippen molar-refractivity contribution in [1.29, 1.82) is 0 Å². The van der Waals surface area contributed by atoms with E-state index in [2.05, 4.69) is 137 Å². The number of ether oxygens (including phenoxy) is 4. The fraction of sp³-hybridized carbons (Fsp3) is 0.741. The van der Waals surface area contributed by atoms with E-state index in [0.717, 1.165) is 148 Å². The third kappa shape index (κ3) is 75.9. The van der Waals surface area contributed by atoms with E-state index in [4.69, 9.17) is 37.0 Å². The second kappa shape index (κ2) is 76.9. The number of rotatable bonds is 77. The van der Waals surface area contributed by atoms with Crippen molar-refractivity contribution in [2.45, 2.75) is 367 Å². The molecule has 104 heavy (non-hydrogen) atoms. The van der Waals surface area contributed by atoms with Gasteiger partial charge in [-0.3, -0.25) is 37.3 Å². The summed E-state index contributed by atoms with van der Waals surface area (Å²) in [5.41, 5.74) is 0. The zero-order valence-electron chi connectivity index (χ0n) is 65.7. The highest BCUT2D eigenvalue weighted by atomic mass is 31.2. The van der Waals surface area contributed by atoms with Crippen LogP contribution < -0.4 is 0 Å². The van der Waals surface area contributed by atoms with E-state index in [1.807, 2.05) is 0 Å². The second-order valence-electron chi connectivity index (χ2n) is 27.3. The summed E-state index contributed by atoms with van der Waals surface area (Å²) in [6, 6.07) is 0. The van der Waals surface area contributed by atoms with Gasteiger partial charge in [0.15, 0.2) is 12.2 Å². The number of aliphatic hydroxyl groups excluding tert-OH is 1. The van der Waals surface area contributed by atoms with Gasteiger partial charge in [-0.15, -0.1) is 0 Å². The third-order valence-corrected chi connectivity index (χ3v) is 19.2. The number of aliphatic hydroxyl groups is 1. The van der Waals surface area contributed by atoms with Gasteiger partial charge in [-0.1, -0.05) is 323 Å². The van der Waals surface area contributed by atoms with E-state index < -0.39 is 97.5 Å². The van der Waals surface area contributed by atoms with E-state index in [-0.39, 0.29) is 25.7 Å². The van der Waals surface area contributed by atoms with Gasteiger partial charge in [0.1, 0.15) is 19.3 Å². The van der Waals surface area contributed by atoms with Gasteiger partial charge in [0, 0.05) is 25.7 Å². The lowest BCUT2D eigenvalue weighted by molar-refractivity contribution is -0.161. The van der Waals surface area contributed by atoms with Crippen molar-refractivity contribution in [2.75, 3.05) is 39.6 Å². The molecule has 0 aromatic rings. The van der Waals surface area contributed by atoms with Crippen LogP contribution in [0.15, 0.2) is 109 Å². The molecule has 0 aromatic carbocycles. The molecule has 0 aliphatic rings. The van der Waals surface area contributed by atoms with Crippen LogP contribution >= 0.6 is 15.6 Å². The predicted molar refractivity (Wildman–Crippen MR) is 427 cm³/mol. The van der Waals surface area contributed by atoms with Crippen LogP contribution in [0.2, 0.25) is 0 Å². The summed E-state index contributed by atoms with van der Waals surface area (Å²) >= 11 is 0. The van der Waals surface area contributed by atoms with Crippen LogP contribution in [0.3, 0.4) is 0 Å². The monoisotopic (exact) mass is 1500 g/mol. The Morgan fingerprint density at radius 3 is 0.779 bits per heavy atom. The Bertz CT molecular complexity index is 2390. The first-order valence-corrected chi connectivity index (χ1v) is 44.1. The molecule has 5 unspecified atom stereocenters. The van der Waals surface area contributed by atoms with Gasteiger partial charge >= 0.3 is 39.5 Å². The maximum Gasteiger partial charge on any atom is 0.472 e. The molecule has 3 N–H and O–H groups in total. The van der Waals surface area contributed by atoms with Crippen molar-refractivity contribution in [3.8, 4) is 0 Å². The zero-order valence-corrected chi connectivity index (χ0v) is 67.5. The molecule has 0 radical (unpaired) electrons. The minimum Gasteiger partial charge on any atom is -0.462 e. The van der Waals surface area contributed by atoms with Crippen LogP contribution in [0.4, 0.5) is 0 Å². The fourth-order valence-corrected chi connectivity index (χ4v) is 12.6. The molecule has 0 aliphatic carbocycles. The lowest BCUT2D eigenvalue weighted by Crippen LogP contribution is -2.30. The van der Waals surface area contributed by atoms with E-state index in [0.29, 0.717) is 25.7 Å². The van der Waals surface area contributed by atoms with Crippen molar-refractivity contribution in [3.63, 3.8) is 0 Å². The van der Waals surface area contributed by atoms with Crippen molar-refractivity contribution >= 4 is 39.5 Å². The highest BCUT2D eigenvalue weighted by Crippen LogP contribution is 2.45. The van der Waals surface area contributed by atoms with Crippen LogP contribution in [0.25, 0.3) is 0 Å². The minimum atomic E-state index is -4.99. The highest BCUT2D eigenvalue weighted by Gasteiger charge is 2.30. The summed E-state index contributed by atoms with van der Waals surface area (Å²) in [5, 5.41) is 10.7. The largest absolute Gasteiger partial charge is 0.472 e. The normalized spacial score (nSPS) is 14.4. The summed E-state index contributed by atoms with van der Waals surface area (Å²) < 4.78 is 68.7. The number of phosphoric ester groups is 2. The average molecular weight is 1500 g/mol. The number of carbonyl (C=O) groups is 4. The lowest BCUT2D eigenvalue weighted by Gasteiger charge is -2.21. The van der Waals surface area contributed by atoms with Crippen LogP contribution in [-0.2, 0) is 65.4 Å². The average Bonchev–Trinajstić information content (AvgIpc) is 0.911. The molecule has 17 nitrogen and oxygen atoms in total. The summed E-state index contributed by atoms with van der Waals surface area (Å²) in [4.78, 5) is 73.1. The number of hydrogen-bond donors (Lipinski definition) is 3. The van der Waals surface area contributed by atoms with Gasteiger partial charge in [0.05, 0.1) is 26.4 Å². The SMILES string of the molecule is CC/C=C\C/C=C\C/C=C\C/C=C\C/C=C\CCCCCC(=O)OCC(COP(=O)(O)OCC(O)COP(=O)(O)OCC(COC(=O)CCCCCCCCCCCCCCCCC)OC(=O)CCCCCCCCCCCCCCC)OC(=O)CCCCCC/C=C\C/C=C\C/C=C\C/C=C\CC. The lowest BCUT2D eigenvalue weighted by atomic mass is 10.0. The highest BCUT2D eigenvalue weighted by molar-refractivity contribution is 7.47. The van der Waals surface area contributed by atoms with Crippen LogP contribution in [0.1, 0.15) is 349 Å². The number of unbranched alkanes of at least 4 members (excludes halogenated alkanes) is 33. The first kappa shape index (κ1) is 99.7. The molecule has 0 amide bonds. The van der Waals surface area contributed by atoms with Gasteiger partial charge in [-0.2, -0.15) is 0 Å². The summed E-state index contributed by atoms with van der Waals surface area (Å²) in [5.74, 6) is -2.22. The molecule has 0 saturated heterocycles. The zero-order chi connectivity index (χ0) is 76.0. The molecule has 0 aromatic heterocycles. The van der Waals surface area contributed by atoms with Crippen molar-refractivity contribution in [3.05, 3.63) is 109 Å². The molecule has 0 saturated carbocycles. The predicted octanol–water partition coefficient (Wildman–Crippen LogP) is 24.1. The Morgan fingerprint density at radius 1 is 0.279 bits per heavy atom. The molecule has 600 valence electrons. The standard InChI is InChI=1S/C85H148O17P2/c1-5-9-13-17-21-25-29-33-36-38-39-41-43-47-50-54-58-62-66-70-83(88)96-76-81(102-85(90)72-68-64-60-56-52-48-44-40-37-34-30-26-22-18-14-10-6-2)78-100-104(93,94)98-74-79(86)73-97-103(91,92)99-77-80(101-84(89)71-67-63-59-55-51-45-32-28-24-20-16-12-8-4)75-95-82(87)69-65-61-57-53-49-46-42-35-31-27-23-19-15-11-7-3/h9-10,13-14,21-22,25-26,33-34,36-37,39,41,44,47-48,50,79-81,86H,5-8,11-12,15-20,23-24,27-32,35,38,40,42-43,45-46,49,51-78H2,1-4H3,(H,91,92)(H,93,94)/b13-9-,14-10-,25-21-,26-22-,36-33-,37-34-,41-39-,48-44-,50-47-. The van der Waals surface area contributed by atoms with Gasteiger partial charge in [-0.25, -0.2) is 9.13 Å². The topological polar surface area (TPSA) is 237 Å². The molecule has 0 aliphatic heterocycles. The van der Waals surface area contributed by atoms with E-state index in [1.54, 1.807) is 0 Å². The number of hydrogen-bond acceptors (Lipinski definition) is 15.